The van der Waals surface area contributed by atoms with E-state index in [0.717, 1.165) is 38.5 Å². The van der Waals surface area contributed by atoms with Crippen LogP contribution in [-0.4, -0.2) is 61.1 Å². The zero-order valence-corrected chi connectivity index (χ0v) is 14.7. The molecule has 1 saturated heterocycles. The van der Waals surface area contributed by atoms with E-state index in [1.165, 1.54) is 5.56 Å². The van der Waals surface area contributed by atoms with Crippen LogP contribution >= 0.6 is 0 Å². The van der Waals surface area contributed by atoms with Gasteiger partial charge in [0.05, 0.1) is 13.2 Å². The number of carbonyl (C=O) groups excluding carboxylic acids is 1. The molecule has 5 heteroatoms. The first-order valence-electron chi connectivity index (χ1n) is 8.39. The van der Waals surface area contributed by atoms with Crippen molar-refractivity contribution < 1.29 is 9.53 Å². The van der Waals surface area contributed by atoms with Gasteiger partial charge in [0.2, 0.25) is 5.91 Å². The lowest BCUT2D eigenvalue weighted by molar-refractivity contribution is -0.127. The minimum Gasteiger partial charge on any atom is -0.497 e. The van der Waals surface area contributed by atoms with Crippen LogP contribution in [0.3, 0.4) is 0 Å². The standard InChI is InChI=1S/C18H29N3O2/c1-14(2)19-18(22)15(3)21-10-8-20(9-11-21)13-16-6-5-7-17(12-16)23-4/h5-7,12,14-15H,8-11,13H2,1-4H3,(H,19,22). The molecule has 0 bridgehead atoms. The average Bonchev–Trinajstić information content (AvgIpc) is 2.54. The normalized spacial score (nSPS) is 18.0. The van der Waals surface area contributed by atoms with Gasteiger partial charge < -0.3 is 10.1 Å². The number of hydrogen-bond acceptors (Lipinski definition) is 4. The van der Waals surface area contributed by atoms with Crippen LogP contribution < -0.4 is 10.1 Å². The fourth-order valence-electron chi connectivity index (χ4n) is 2.91. The molecular weight excluding hydrogens is 290 g/mol. The topological polar surface area (TPSA) is 44.8 Å². The van der Waals surface area contributed by atoms with Crippen LogP contribution in [0.4, 0.5) is 0 Å². The van der Waals surface area contributed by atoms with Crippen LogP contribution in [0.2, 0.25) is 0 Å². The number of methoxy groups -OCH3 is 1. The zero-order valence-electron chi connectivity index (χ0n) is 14.7. The third kappa shape index (κ3) is 5.22. The van der Waals surface area contributed by atoms with Crippen LogP contribution in [0.5, 0.6) is 5.75 Å². The number of rotatable bonds is 6. The Morgan fingerprint density at radius 3 is 2.52 bits per heavy atom. The summed E-state index contributed by atoms with van der Waals surface area (Å²) in [4.78, 5) is 16.8. The van der Waals surface area contributed by atoms with Gasteiger partial charge in [-0.15, -0.1) is 0 Å². The van der Waals surface area contributed by atoms with Crippen molar-refractivity contribution in [2.75, 3.05) is 33.3 Å². The maximum atomic E-state index is 12.1. The molecule has 128 valence electrons. The first-order chi connectivity index (χ1) is 11.0. The van der Waals surface area contributed by atoms with Crippen LogP contribution in [0.25, 0.3) is 0 Å². The van der Waals surface area contributed by atoms with Crippen molar-refractivity contribution in [3.8, 4) is 5.75 Å². The van der Waals surface area contributed by atoms with Crippen LogP contribution in [0, 0.1) is 0 Å². The minimum atomic E-state index is -0.0589. The van der Waals surface area contributed by atoms with Crippen LogP contribution in [0.15, 0.2) is 24.3 Å². The summed E-state index contributed by atoms with van der Waals surface area (Å²) < 4.78 is 5.28. The Bertz CT molecular complexity index is 511. The largest absolute Gasteiger partial charge is 0.497 e. The molecule has 1 N–H and O–H groups in total. The Labute approximate surface area is 139 Å². The number of nitrogens with zero attached hydrogens (tertiary/aromatic N) is 2. The van der Waals surface area contributed by atoms with E-state index < -0.39 is 0 Å². The summed E-state index contributed by atoms with van der Waals surface area (Å²) in [7, 11) is 1.70. The molecule has 1 amide bonds. The monoisotopic (exact) mass is 319 g/mol. The lowest BCUT2D eigenvalue weighted by atomic mass is 10.1. The number of piperazine rings is 1. The first-order valence-corrected chi connectivity index (χ1v) is 8.39. The number of amides is 1. The maximum Gasteiger partial charge on any atom is 0.237 e. The highest BCUT2D eigenvalue weighted by Gasteiger charge is 2.25. The highest BCUT2D eigenvalue weighted by Crippen LogP contribution is 2.16. The quantitative estimate of drug-likeness (QED) is 0.867. The van der Waals surface area contributed by atoms with Gasteiger partial charge in [-0.05, 0) is 38.5 Å². The third-order valence-electron chi connectivity index (χ3n) is 4.31. The van der Waals surface area contributed by atoms with Gasteiger partial charge >= 0.3 is 0 Å². The van der Waals surface area contributed by atoms with Crippen molar-refractivity contribution in [1.82, 2.24) is 15.1 Å². The number of hydrogen-bond donors (Lipinski definition) is 1. The summed E-state index contributed by atoms with van der Waals surface area (Å²) >= 11 is 0. The van der Waals surface area contributed by atoms with E-state index in [4.69, 9.17) is 4.74 Å². The van der Waals surface area contributed by atoms with Gasteiger partial charge in [-0.3, -0.25) is 14.6 Å². The molecule has 23 heavy (non-hydrogen) atoms. The Hall–Kier alpha value is -1.59. The average molecular weight is 319 g/mol. The molecule has 1 aromatic carbocycles. The lowest BCUT2D eigenvalue weighted by Crippen LogP contribution is -2.54. The fraction of sp³-hybridized carbons (Fsp3) is 0.611. The van der Waals surface area contributed by atoms with Crippen molar-refractivity contribution in [3.63, 3.8) is 0 Å². The second-order valence-electron chi connectivity index (χ2n) is 6.50. The Kier molecular flexibility index (Phi) is 6.42. The molecule has 1 fully saturated rings. The van der Waals surface area contributed by atoms with Gasteiger partial charge in [0, 0.05) is 38.8 Å². The molecule has 1 heterocycles. The van der Waals surface area contributed by atoms with Crippen molar-refractivity contribution in [1.29, 1.82) is 0 Å². The van der Waals surface area contributed by atoms with E-state index in [0.29, 0.717) is 0 Å². The first kappa shape index (κ1) is 17.8. The van der Waals surface area contributed by atoms with Crippen molar-refractivity contribution in [2.45, 2.75) is 39.4 Å². The molecule has 1 aliphatic heterocycles. The van der Waals surface area contributed by atoms with Gasteiger partial charge in [0.15, 0.2) is 0 Å². The predicted octanol–water partition coefficient (Wildman–Crippen LogP) is 1.73. The second kappa shape index (κ2) is 8.31. The Balaban J connectivity index is 1.82. The van der Waals surface area contributed by atoms with E-state index >= 15 is 0 Å². The number of ether oxygens (including phenoxy) is 1. The van der Waals surface area contributed by atoms with E-state index in [9.17, 15) is 4.79 Å². The minimum absolute atomic E-state index is 0.0589. The Morgan fingerprint density at radius 2 is 1.91 bits per heavy atom. The molecule has 1 aromatic rings. The lowest BCUT2D eigenvalue weighted by Gasteiger charge is -2.37. The van der Waals surface area contributed by atoms with Gasteiger partial charge in [-0.1, -0.05) is 12.1 Å². The fourth-order valence-corrected chi connectivity index (χ4v) is 2.91. The third-order valence-corrected chi connectivity index (χ3v) is 4.31. The predicted molar refractivity (Wildman–Crippen MR) is 92.6 cm³/mol. The van der Waals surface area contributed by atoms with Crippen molar-refractivity contribution in [2.24, 2.45) is 0 Å². The SMILES string of the molecule is COc1cccc(CN2CCN(C(C)C(=O)NC(C)C)CC2)c1. The summed E-state index contributed by atoms with van der Waals surface area (Å²) in [6.07, 6.45) is 0. The van der Waals surface area contributed by atoms with Gasteiger partial charge in [-0.25, -0.2) is 0 Å². The molecule has 1 atom stereocenters. The van der Waals surface area contributed by atoms with Crippen molar-refractivity contribution in [3.05, 3.63) is 29.8 Å². The maximum absolute atomic E-state index is 12.1. The van der Waals surface area contributed by atoms with Crippen LogP contribution in [-0.2, 0) is 11.3 Å². The highest BCUT2D eigenvalue weighted by molar-refractivity contribution is 5.81. The zero-order chi connectivity index (χ0) is 16.8. The van der Waals surface area contributed by atoms with Gasteiger partial charge in [-0.2, -0.15) is 0 Å². The molecule has 0 aliphatic carbocycles. The molecular formula is C18H29N3O2. The number of nitrogens with one attached hydrogen (secondary N) is 1. The van der Waals surface area contributed by atoms with E-state index in [1.54, 1.807) is 7.11 Å². The molecule has 2 rings (SSSR count). The summed E-state index contributed by atoms with van der Waals surface area (Å²) in [5.41, 5.74) is 1.27. The van der Waals surface area contributed by atoms with Gasteiger partial charge in [0.25, 0.3) is 0 Å². The van der Waals surface area contributed by atoms with Crippen molar-refractivity contribution >= 4 is 5.91 Å². The molecule has 5 nitrogen and oxygen atoms in total. The summed E-state index contributed by atoms with van der Waals surface area (Å²) in [5, 5.41) is 3.00. The van der Waals surface area contributed by atoms with Crippen LogP contribution in [0.1, 0.15) is 26.3 Å². The molecule has 1 unspecified atom stereocenters. The summed E-state index contributed by atoms with van der Waals surface area (Å²) in [6.45, 7) is 10.7. The smallest absolute Gasteiger partial charge is 0.237 e. The second-order valence-corrected chi connectivity index (χ2v) is 6.50. The molecule has 0 saturated carbocycles. The van der Waals surface area contributed by atoms with E-state index in [-0.39, 0.29) is 18.0 Å². The summed E-state index contributed by atoms with van der Waals surface area (Å²) in [6, 6.07) is 8.35. The highest BCUT2D eigenvalue weighted by atomic mass is 16.5. The summed E-state index contributed by atoms with van der Waals surface area (Å²) in [5.74, 6) is 1.03. The number of benzene rings is 1. The molecule has 0 radical (unpaired) electrons. The molecule has 0 spiro atoms. The molecule has 0 aromatic heterocycles. The van der Waals surface area contributed by atoms with E-state index in [1.807, 2.05) is 32.9 Å². The Morgan fingerprint density at radius 1 is 1.22 bits per heavy atom. The van der Waals surface area contributed by atoms with E-state index in [2.05, 4.69) is 27.2 Å². The van der Waals surface area contributed by atoms with Gasteiger partial charge in [0.1, 0.15) is 5.75 Å². The molecule has 1 aliphatic rings. The number of carbonyl (C=O) groups is 1.